The van der Waals surface area contributed by atoms with Gasteiger partial charge in [-0.3, -0.25) is 4.98 Å². The number of hydrogen-bond acceptors (Lipinski definition) is 8. The molecule has 3 heterocycles. The first kappa shape index (κ1) is 20.8. The van der Waals surface area contributed by atoms with Crippen molar-refractivity contribution in [2.75, 3.05) is 38.5 Å². The summed E-state index contributed by atoms with van der Waals surface area (Å²) >= 11 is 0. The third-order valence-corrected chi connectivity index (χ3v) is 5.97. The molecule has 0 saturated carbocycles. The molecule has 5 rings (SSSR count). The molecule has 2 aromatic carbocycles. The van der Waals surface area contributed by atoms with Gasteiger partial charge in [0.15, 0.2) is 11.5 Å². The molecule has 168 valence electrons. The van der Waals surface area contributed by atoms with E-state index >= 15 is 0 Å². The molecule has 0 unspecified atom stereocenters. The molecule has 0 spiro atoms. The highest BCUT2D eigenvalue weighted by Crippen LogP contribution is 2.47. The summed E-state index contributed by atoms with van der Waals surface area (Å²) in [6.07, 6.45) is 2.66. The fraction of sp³-hybridized carbons (Fsp3) is 0.240. The first-order valence-corrected chi connectivity index (χ1v) is 10.7. The van der Waals surface area contributed by atoms with E-state index in [1.54, 1.807) is 21.3 Å². The van der Waals surface area contributed by atoms with Crippen LogP contribution < -0.4 is 24.8 Å². The van der Waals surface area contributed by atoms with Crippen molar-refractivity contribution in [3.8, 4) is 28.4 Å². The summed E-state index contributed by atoms with van der Waals surface area (Å²) in [5, 5.41) is 0.694. The Balaban J connectivity index is 1.71. The van der Waals surface area contributed by atoms with Gasteiger partial charge in [-0.25, -0.2) is 4.98 Å². The van der Waals surface area contributed by atoms with Gasteiger partial charge in [0.2, 0.25) is 5.95 Å². The SMILES string of the molecule is COc1ccccc1-c1c(OC)c(OC)cc2nc(N3CCc4ncccc4C3)nc(N)c12. The Kier molecular flexibility index (Phi) is 5.34. The second kappa shape index (κ2) is 8.46. The number of nitrogen functional groups attached to an aromatic ring is 1. The minimum atomic E-state index is 0.369. The number of nitrogens with two attached hydrogens (primary N) is 1. The standard InChI is InChI=1S/C25H25N5O3/c1-31-19-9-5-4-8-16(19)21-22-18(13-20(32-2)23(21)33-3)28-25(29-24(22)26)30-12-10-17-15(14-30)7-6-11-27-17/h4-9,11,13H,10,12,14H2,1-3H3,(H2,26,28,29). The van der Waals surface area contributed by atoms with Crippen LogP contribution in [0.5, 0.6) is 17.2 Å². The first-order valence-electron chi connectivity index (χ1n) is 10.7. The lowest BCUT2D eigenvalue weighted by atomic mass is 9.98. The molecule has 2 aromatic heterocycles. The fourth-order valence-corrected chi connectivity index (χ4v) is 4.41. The Morgan fingerprint density at radius 3 is 2.55 bits per heavy atom. The average molecular weight is 444 g/mol. The van der Waals surface area contributed by atoms with Crippen molar-refractivity contribution >= 4 is 22.7 Å². The summed E-state index contributed by atoms with van der Waals surface area (Å²) in [5.41, 5.74) is 11.1. The van der Waals surface area contributed by atoms with E-state index in [9.17, 15) is 0 Å². The Hall–Kier alpha value is -4.07. The number of ether oxygens (including phenoxy) is 3. The number of pyridine rings is 1. The second-order valence-corrected chi connectivity index (χ2v) is 7.77. The predicted octanol–water partition coefficient (Wildman–Crippen LogP) is 3.86. The lowest BCUT2D eigenvalue weighted by molar-refractivity contribution is 0.356. The molecule has 8 nitrogen and oxygen atoms in total. The van der Waals surface area contributed by atoms with Crippen molar-refractivity contribution in [1.29, 1.82) is 0 Å². The van der Waals surface area contributed by atoms with E-state index in [0.717, 1.165) is 29.8 Å². The number of nitrogens with zero attached hydrogens (tertiary/aromatic N) is 4. The number of anilines is 2. The Morgan fingerprint density at radius 2 is 1.76 bits per heavy atom. The first-order chi connectivity index (χ1) is 16.1. The van der Waals surface area contributed by atoms with Crippen molar-refractivity contribution in [1.82, 2.24) is 15.0 Å². The van der Waals surface area contributed by atoms with Gasteiger partial charge in [-0.1, -0.05) is 24.3 Å². The number of rotatable bonds is 5. The van der Waals surface area contributed by atoms with Crippen molar-refractivity contribution in [3.05, 3.63) is 59.9 Å². The zero-order valence-corrected chi connectivity index (χ0v) is 18.8. The normalized spacial score (nSPS) is 13.0. The predicted molar refractivity (Wildman–Crippen MR) is 128 cm³/mol. The van der Waals surface area contributed by atoms with Crippen molar-refractivity contribution in [2.45, 2.75) is 13.0 Å². The molecule has 0 amide bonds. The largest absolute Gasteiger partial charge is 0.496 e. The van der Waals surface area contributed by atoms with Gasteiger partial charge >= 0.3 is 0 Å². The van der Waals surface area contributed by atoms with E-state index in [0.29, 0.717) is 46.5 Å². The van der Waals surface area contributed by atoms with Gasteiger partial charge in [-0.05, 0) is 17.7 Å². The summed E-state index contributed by atoms with van der Waals surface area (Å²) in [5.74, 6) is 2.74. The van der Waals surface area contributed by atoms with Crippen LogP contribution in [-0.2, 0) is 13.0 Å². The van der Waals surface area contributed by atoms with Gasteiger partial charge in [0.25, 0.3) is 0 Å². The lowest BCUT2D eigenvalue weighted by Crippen LogP contribution is -2.32. The maximum atomic E-state index is 6.58. The molecule has 8 heteroatoms. The van der Waals surface area contributed by atoms with Crippen LogP contribution in [0.3, 0.4) is 0 Å². The van der Waals surface area contributed by atoms with Gasteiger partial charge in [-0.15, -0.1) is 0 Å². The minimum absolute atomic E-state index is 0.369. The van der Waals surface area contributed by atoms with E-state index in [1.165, 1.54) is 5.56 Å². The van der Waals surface area contributed by atoms with Gasteiger partial charge in [0.05, 0.1) is 32.2 Å². The van der Waals surface area contributed by atoms with Gasteiger partial charge in [0.1, 0.15) is 11.6 Å². The highest BCUT2D eigenvalue weighted by molar-refractivity contribution is 6.06. The molecule has 0 bridgehead atoms. The Morgan fingerprint density at radius 1 is 0.939 bits per heavy atom. The van der Waals surface area contributed by atoms with E-state index in [1.807, 2.05) is 42.6 Å². The number of para-hydroxylation sites is 1. The van der Waals surface area contributed by atoms with Crippen LogP contribution in [0.2, 0.25) is 0 Å². The highest BCUT2D eigenvalue weighted by Gasteiger charge is 2.25. The molecule has 0 aliphatic carbocycles. The maximum absolute atomic E-state index is 6.58. The Bertz CT molecular complexity index is 1340. The zero-order chi connectivity index (χ0) is 22.9. The molecule has 0 radical (unpaired) electrons. The molecular formula is C25H25N5O3. The van der Waals surface area contributed by atoms with Crippen LogP contribution in [0.1, 0.15) is 11.3 Å². The van der Waals surface area contributed by atoms with E-state index < -0.39 is 0 Å². The minimum Gasteiger partial charge on any atom is -0.496 e. The molecule has 33 heavy (non-hydrogen) atoms. The third kappa shape index (κ3) is 3.53. The molecule has 1 aliphatic rings. The molecule has 2 N–H and O–H groups in total. The van der Waals surface area contributed by atoms with Crippen molar-refractivity contribution in [2.24, 2.45) is 0 Å². The molecule has 1 aliphatic heterocycles. The zero-order valence-electron chi connectivity index (χ0n) is 18.8. The van der Waals surface area contributed by atoms with E-state index in [-0.39, 0.29) is 0 Å². The number of benzene rings is 2. The van der Waals surface area contributed by atoms with Crippen LogP contribution in [0.15, 0.2) is 48.7 Å². The van der Waals surface area contributed by atoms with E-state index in [2.05, 4.69) is 16.0 Å². The quantitative estimate of drug-likeness (QED) is 0.497. The number of hydrogen-bond donors (Lipinski definition) is 1. The van der Waals surface area contributed by atoms with Crippen molar-refractivity contribution < 1.29 is 14.2 Å². The summed E-state index contributed by atoms with van der Waals surface area (Å²) in [6, 6.07) is 13.6. The summed E-state index contributed by atoms with van der Waals surface area (Å²) < 4.78 is 17.0. The summed E-state index contributed by atoms with van der Waals surface area (Å²) in [7, 11) is 4.84. The van der Waals surface area contributed by atoms with Gasteiger partial charge < -0.3 is 24.8 Å². The summed E-state index contributed by atoms with van der Waals surface area (Å²) in [6.45, 7) is 1.45. The maximum Gasteiger partial charge on any atom is 0.228 e. The van der Waals surface area contributed by atoms with Gasteiger partial charge in [-0.2, -0.15) is 4.98 Å². The average Bonchev–Trinajstić information content (AvgIpc) is 2.87. The summed E-state index contributed by atoms with van der Waals surface area (Å²) in [4.78, 5) is 16.2. The topological polar surface area (TPSA) is 95.6 Å². The number of aromatic nitrogens is 3. The lowest BCUT2D eigenvalue weighted by Gasteiger charge is -2.28. The van der Waals surface area contributed by atoms with Crippen LogP contribution in [0, 0.1) is 0 Å². The Labute approximate surface area is 192 Å². The number of fused-ring (bicyclic) bond motifs is 2. The second-order valence-electron chi connectivity index (χ2n) is 7.77. The molecule has 0 atom stereocenters. The van der Waals surface area contributed by atoms with Crippen LogP contribution >= 0.6 is 0 Å². The smallest absolute Gasteiger partial charge is 0.228 e. The monoisotopic (exact) mass is 443 g/mol. The van der Waals surface area contributed by atoms with Crippen LogP contribution in [-0.4, -0.2) is 42.8 Å². The number of methoxy groups -OCH3 is 3. The molecule has 0 fully saturated rings. The fourth-order valence-electron chi connectivity index (χ4n) is 4.41. The third-order valence-electron chi connectivity index (χ3n) is 5.97. The molecular weight excluding hydrogens is 418 g/mol. The van der Waals surface area contributed by atoms with Crippen molar-refractivity contribution in [3.63, 3.8) is 0 Å². The van der Waals surface area contributed by atoms with E-state index in [4.69, 9.17) is 29.9 Å². The molecule has 0 saturated heterocycles. The molecule has 4 aromatic rings. The van der Waals surface area contributed by atoms with Gasteiger partial charge in [0, 0.05) is 48.6 Å². The highest BCUT2D eigenvalue weighted by atomic mass is 16.5. The van der Waals surface area contributed by atoms with Crippen LogP contribution in [0.4, 0.5) is 11.8 Å². The van der Waals surface area contributed by atoms with Crippen LogP contribution in [0.25, 0.3) is 22.0 Å².